The average molecular weight is 252 g/mol. The molecule has 0 bridgehead atoms. The maximum Gasteiger partial charge on any atom is 0.297 e. The van der Waals surface area contributed by atoms with Crippen LogP contribution in [0.15, 0.2) is 34.0 Å². The van der Waals surface area contributed by atoms with Crippen molar-refractivity contribution < 1.29 is 9.30 Å². The number of ether oxygens (including phenoxy) is 1. The van der Waals surface area contributed by atoms with Crippen LogP contribution in [0.1, 0.15) is 0 Å². The molecule has 0 N–H and O–H groups in total. The largest absolute Gasteiger partial charge is 0.497 e. The van der Waals surface area contributed by atoms with Gasteiger partial charge in [-0.05, 0) is 42.3 Å². The van der Waals surface area contributed by atoms with Crippen LogP contribution in [-0.4, -0.2) is 13.4 Å². The summed E-state index contributed by atoms with van der Waals surface area (Å²) in [5.74, 6) is 0.895. The fourth-order valence-electron chi connectivity index (χ4n) is 1.57. The molecule has 84 valence electrons. The minimum absolute atomic E-state index is 0.895. The Kier molecular flexibility index (Phi) is 3.51. The summed E-state index contributed by atoms with van der Waals surface area (Å²) in [4.78, 5) is 0. The average Bonchev–Trinajstić information content (AvgIpc) is 2.70. The maximum absolute atomic E-state index is 5.15. The van der Waals surface area contributed by atoms with Crippen molar-refractivity contribution in [2.45, 2.75) is 4.34 Å². The van der Waals surface area contributed by atoms with Gasteiger partial charge in [-0.15, -0.1) is 0 Å². The van der Waals surface area contributed by atoms with Gasteiger partial charge in [-0.25, -0.2) is 0 Å². The van der Waals surface area contributed by atoms with Crippen LogP contribution < -0.4 is 9.30 Å². The second-order valence-electron chi connectivity index (χ2n) is 3.38. The summed E-state index contributed by atoms with van der Waals surface area (Å²) >= 11 is 3.55. The Morgan fingerprint density at radius 3 is 2.44 bits per heavy atom. The standard InChI is InChI=1S/C12H14NOS2/c1-13-11(8-16-12(13)15-3)9-4-6-10(14-2)7-5-9/h4-8H,1-3H3/q+1. The van der Waals surface area contributed by atoms with Crippen molar-refractivity contribution in [1.82, 2.24) is 0 Å². The molecule has 0 saturated carbocycles. The van der Waals surface area contributed by atoms with E-state index in [1.54, 1.807) is 30.2 Å². The van der Waals surface area contributed by atoms with Crippen LogP contribution in [0, 0.1) is 0 Å². The molecular formula is C12H14NOS2+. The van der Waals surface area contributed by atoms with Crippen molar-refractivity contribution in [3.63, 3.8) is 0 Å². The number of benzene rings is 1. The lowest BCUT2D eigenvalue weighted by Gasteiger charge is -1.99. The first kappa shape index (κ1) is 11.5. The van der Waals surface area contributed by atoms with Crippen LogP contribution in [0.4, 0.5) is 0 Å². The lowest BCUT2D eigenvalue weighted by molar-refractivity contribution is -0.691. The van der Waals surface area contributed by atoms with Crippen LogP contribution >= 0.6 is 23.1 Å². The Hall–Kier alpha value is -1.00. The zero-order chi connectivity index (χ0) is 11.5. The number of thiazole rings is 1. The molecule has 0 aliphatic carbocycles. The molecule has 0 aliphatic rings. The molecule has 2 rings (SSSR count). The summed E-state index contributed by atoms with van der Waals surface area (Å²) in [5.41, 5.74) is 2.47. The van der Waals surface area contributed by atoms with Gasteiger partial charge in [0, 0.05) is 5.56 Å². The second kappa shape index (κ2) is 4.89. The number of hydrogen-bond donors (Lipinski definition) is 0. The molecule has 0 radical (unpaired) electrons. The van der Waals surface area contributed by atoms with Crippen LogP contribution in [-0.2, 0) is 7.05 Å². The molecule has 4 heteroatoms. The maximum atomic E-state index is 5.15. The van der Waals surface area contributed by atoms with E-state index in [4.69, 9.17) is 4.74 Å². The molecule has 1 aromatic carbocycles. The summed E-state index contributed by atoms with van der Waals surface area (Å²) in [6.45, 7) is 0. The third-order valence-corrected chi connectivity index (χ3v) is 4.70. The van der Waals surface area contributed by atoms with Gasteiger partial charge in [0.1, 0.15) is 12.8 Å². The van der Waals surface area contributed by atoms with Crippen LogP contribution in [0.25, 0.3) is 11.3 Å². The first-order valence-corrected chi connectivity index (χ1v) is 7.02. The van der Waals surface area contributed by atoms with Gasteiger partial charge in [-0.1, -0.05) is 11.3 Å². The monoisotopic (exact) mass is 252 g/mol. The van der Waals surface area contributed by atoms with E-state index < -0.39 is 0 Å². The molecule has 2 nitrogen and oxygen atoms in total. The number of methoxy groups -OCH3 is 1. The van der Waals surface area contributed by atoms with Crippen molar-refractivity contribution in [2.75, 3.05) is 13.4 Å². The number of nitrogens with zero attached hydrogens (tertiary/aromatic N) is 1. The zero-order valence-electron chi connectivity index (χ0n) is 9.56. The van der Waals surface area contributed by atoms with E-state index in [0.717, 1.165) is 5.75 Å². The number of hydrogen-bond acceptors (Lipinski definition) is 3. The van der Waals surface area contributed by atoms with Gasteiger partial charge in [0.25, 0.3) is 4.34 Å². The lowest BCUT2D eigenvalue weighted by atomic mass is 10.2. The Balaban J connectivity index is 2.38. The predicted molar refractivity (Wildman–Crippen MR) is 69.3 cm³/mol. The highest BCUT2D eigenvalue weighted by Gasteiger charge is 2.16. The molecule has 0 fully saturated rings. The topological polar surface area (TPSA) is 13.1 Å². The van der Waals surface area contributed by atoms with Crippen molar-refractivity contribution in [3.05, 3.63) is 29.6 Å². The SMILES string of the molecule is COc1ccc(-c2csc(SC)[n+]2C)cc1. The Morgan fingerprint density at radius 2 is 1.94 bits per heavy atom. The molecule has 0 aliphatic heterocycles. The van der Waals surface area contributed by atoms with E-state index in [1.165, 1.54) is 15.6 Å². The number of thioether (sulfide) groups is 1. The zero-order valence-corrected chi connectivity index (χ0v) is 11.2. The smallest absolute Gasteiger partial charge is 0.297 e. The molecule has 0 atom stereocenters. The molecule has 2 aromatic rings. The first-order valence-electron chi connectivity index (χ1n) is 4.92. The van der Waals surface area contributed by atoms with Gasteiger partial charge in [-0.2, -0.15) is 4.57 Å². The van der Waals surface area contributed by atoms with Gasteiger partial charge >= 0.3 is 0 Å². The van der Waals surface area contributed by atoms with Crippen molar-refractivity contribution in [1.29, 1.82) is 0 Å². The molecule has 0 amide bonds. The van der Waals surface area contributed by atoms with E-state index in [9.17, 15) is 0 Å². The lowest BCUT2D eigenvalue weighted by Crippen LogP contribution is -2.30. The predicted octanol–water partition coefficient (Wildman–Crippen LogP) is 2.97. The molecule has 0 unspecified atom stereocenters. The minimum Gasteiger partial charge on any atom is -0.497 e. The van der Waals surface area contributed by atoms with Gasteiger partial charge in [-0.3, -0.25) is 0 Å². The fraction of sp³-hybridized carbons (Fsp3) is 0.250. The molecular weight excluding hydrogens is 238 g/mol. The molecule has 0 spiro atoms. The van der Waals surface area contributed by atoms with Gasteiger partial charge in [0.05, 0.1) is 12.5 Å². The second-order valence-corrected chi connectivity index (χ2v) is 5.29. The van der Waals surface area contributed by atoms with Gasteiger partial charge in [0.2, 0.25) is 5.69 Å². The Labute approximate surface area is 104 Å². The van der Waals surface area contributed by atoms with Gasteiger partial charge in [0.15, 0.2) is 0 Å². The van der Waals surface area contributed by atoms with Crippen LogP contribution in [0.3, 0.4) is 0 Å². The summed E-state index contributed by atoms with van der Waals surface area (Å²) in [6.07, 6.45) is 2.10. The molecule has 0 saturated heterocycles. The highest BCUT2D eigenvalue weighted by atomic mass is 32.2. The normalized spacial score (nSPS) is 10.4. The van der Waals surface area contributed by atoms with Crippen LogP contribution in [0.5, 0.6) is 5.75 Å². The third kappa shape index (κ3) is 2.08. The molecule has 16 heavy (non-hydrogen) atoms. The van der Waals surface area contributed by atoms with E-state index >= 15 is 0 Å². The molecule has 1 heterocycles. The number of aromatic nitrogens is 1. The summed E-state index contributed by atoms with van der Waals surface area (Å²) in [5, 5.41) is 2.19. The highest BCUT2D eigenvalue weighted by Crippen LogP contribution is 2.25. The van der Waals surface area contributed by atoms with Crippen molar-refractivity contribution in [2.24, 2.45) is 7.05 Å². The summed E-state index contributed by atoms with van der Waals surface area (Å²) in [6, 6.07) is 8.16. The fourth-order valence-corrected chi connectivity index (χ4v) is 3.24. The highest BCUT2D eigenvalue weighted by molar-refractivity contribution is 8.00. The van der Waals surface area contributed by atoms with E-state index in [0.29, 0.717) is 0 Å². The Morgan fingerprint density at radius 1 is 1.25 bits per heavy atom. The van der Waals surface area contributed by atoms with E-state index in [1.807, 2.05) is 12.1 Å². The van der Waals surface area contributed by atoms with Gasteiger partial charge < -0.3 is 4.74 Å². The third-order valence-electron chi connectivity index (χ3n) is 2.47. The van der Waals surface area contributed by atoms with Crippen molar-refractivity contribution in [3.8, 4) is 17.0 Å². The Bertz CT molecular complexity index is 476. The van der Waals surface area contributed by atoms with Crippen molar-refractivity contribution >= 4 is 23.1 Å². The first-order chi connectivity index (χ1) is 7.76. The van der Waals surface area contributed by atoms with E-state index in [-0.39, 0.29) is 0 Å². The summed E-state index contributed by atoms with van der Waals surface area (Å²) in [7, 11) is 3.79. The van der Waals surface area contributed by atoms with E-state index in [2.05, 4.69) is 35.4 Å². The summed E-state index contributed by atoms with van der Waals surface area (Å²) < 4.78 is 8.68. The number of rotatable bonds is 3. The quantitative estimate of drug-likeness (QED) is 0.615. The molecule has 1 aromatic heterocycles. The van der Waals surface area contributed by atoms with Crippen LogP contribution in [0.2, 0.25) is 0 Å². The minimum atomic E-state index is 0.895.